The number of halogens is 1. The molecule has 3 aromatic rings. The van der Waals surface area contributed by atoms with Crippen LogP contribution in [0.4, 0.5) is 10.5 Å². The maximum Gasteiger partial charge on any atom is 0.354 e. The summed E-state index contributed by atoms with van der Waals surface area (Å²) in [5, 5.41) is 8.75. The van der Waals surface area contributed by atoms with Crippen LogP contribution in [0.5, 0.6) is 0 Å². The number of carbonyl (C=O) groups is 1. The van der Waals surface area contributed by atoms with E-state index in [1.165, 1.54) is 9.58 Å². The molecule has 0 saturated carbocycles. The predicted molar refractivity (Wildman–Crippen MR) is 90.0 cm³/mol. The third-order valence-electron chi connectivity index (χ3n) is 4.26. The van der Waals surface area contributed by atoms with Crippen LogP contribution in [0.1, 0.15) is 22.8 Å². The quantitative estimate of drug-likeness (QED) is 0.716. The predicted octanol–water partition coefficient (Wildman–Crippen LogP) is 2.34. The van der Waals surface area contributed by atoms with Crippen LogP contribution in [0.15, 0.2) is 33.6 Å². The number of hydrogen-bond donors (Lipinski definition) is 0. The van der Waals surface area contributed by atoms with Crippen LogP contribution in [-0.2, 0) is 13.1 Å². The number of amides is 1. The second-order valence-corrected chi connectivity index (χ2v) is 6.28. The Bertz CT molecular complexity index is 1010. The third-order valence-corrected chi connectivity index (χ3v) is 4.51. The number of benzene rings is 1. The van der Waals surface area contributed by atoms with Gasteiger partial charge in [-0.25, -0.2) is 14.3 Å². The Kier molecular flexibility index (Phi) is 3.50. The van der Waals surface area contributed by atoms with Crippen LogP contribution < -0.4 is 10.6 Å². The number of anilines is 1. The Morgan fingerprint density at radius 3 is 2.52 bits per heavy atom. The number of carbonyl (C=O) groups excluding carboxylic acids is 1. The molecule has 128 valence electrons. The number of nitrogens with zero attached hydrogens (tertiary/aromatic N) is 5. The Labute approximate surface area is 147 Å². The first-order chi connectivity index (χ1) is 12.0. The van der Waals surface area contributed by atoms with E-state index in [0.29, 0.717) is 28.0 Å². The highest BCUT2D eigenvalue weighted by Crippen LogP contribution is 2.24. The molecule has 0 atom stereocenters. The molecule has 0 saturated heterocycles. The van der Waals surface area contributed by atoms with Gasteiger partial charge in [0.15, 0.2) is 5.82 Å². The van der Waals surface area contributed by atoms with E-state index in [-0.39, 0.29) is 13.1 Å². The van der Waals surface area contributed by atoms with E-state index < -0.39 is 11.7 Å². The number of rotatable bonds is 3. The van der Waals surface area contributed by atoms with E-state index in [0.717, 1.165) is 10.1 Å². The van der Waals surface area contributed by atoms with E-state index in [1.807, 2.05) is 0 Å². The lowest BCUT2D eigenvalue weighted by molar-refractivity contribution is 0.250. The smallest absolute Gasteiger partial charge is 0.354 e. The van der Waals surface area contributed by atoms with Gasteiger partial charge >= 0.3 is 11.7 Å². The van der Waals surface area contributed by atoms with Gasteiger partial charge < -0.3 is 4.52 Å². The van der Waals surface area contributed by atoms with Crippen molar-refractivity contribution in [2.45, 2.75) is 26.9 Å². The molecule has 1 aliphatic rings. The normalized spacial score (nSPS) is 13.6. The summed E-state index contributed by atoms with van der Waals surface area (Å²) in [6.07, 6.45) is 0. The van der Waals surface area contributed by atoms with Crippen LogP contribution in [0.2, 0.25) is 5.02 Å². The summed E-state index contributed by atoms with van der Waals surface area (Å²) >= 11 is 5.87. The molecule has 0 aliphatic carbocycles. The monoisotopic (exact) mass is 359 g/mol. The van der Waals surface area contributed by atoms with Crippen LogP contribution in [0, 0.1) is 13.8 Å². The number of aromatic nitrogens is 4. The van der Waals surface area contributed by atoms with Crippen molar-refractivity contribution in [3.63, 3.8) is 0 Å². The van der Waals surface area contributed by atoms with Gasteiger partial charge in [0.1, 0.15) is 5.76 Å². The highest BCUT2D eigenvalue weighted by Gasteiger charge is 2.33. The molecule has 1 aliphatic heterocycles. The second-order valence-electron chi connectivity index (χ2n) is 5.84. The first-order valence-corrected chi connectivity index (χ1v) is 8.01. The zero-order valence-corrected chi connectivity index (χ0v) is 14.3. The van der Waals surface area contributed by atoms with Crippen molar-refractivity contribution in [3.05, 3.63) is 62.6 Å². The van der Waals surface area contributed by atoms with Crippen molar-refractivity contribution in [3.8, 4) is 0 Å². The fourth-order valence-corrected chi connectivity index (χ4v) is 3.01. The lowest BCUT2D eigenvalue weighted by atomic mass is 10.2. The van der Waals surface area contributed by atoms with Crippen molar-refractivity contribution in [2.75, 3.05) is 4.90 Å². The molecule has 0 bridgehead atoms. The molecule has 0 unspecified atom stereocenters. The summed E-state index contributed by atoms with van der Waals surface area (Å²) in [5.74, 6) is 1.03. The number of hydrogen-bond acceptors (Lipinski definition) is 5. The molecule has 1 aromatic carbocycles. The van der Waals surface area contributed by atoms with Gasteiger partial charge in [0, 0.05) is 16.3 Å². The Morgan fingerprint density at radius 2 is 1.92 bits per heavy atom. The minimum absolute atomic E-state index is 0.216. The van der Waals surface area contributed by atoms with E-state index in [1.54, 1.807) is 38.1 Å². The number of fused-ring (bicyclic) bond motifs is 1. The molecule has 1 amide bonds. The molecule has 9 heteroatoms. The SMILES string of the molecule is Cc1noc(C)c1Cn1nc2n(c1=O)C(=O)N(c1ccc(Cl)cc1)C2. The van der Waals surface area contributed by atoms with Crippen molar-refractivity contribution in [2.24, 2.45) is 0 Å². The number of aryl methyl sites for hydroxylation is 2. The van der Waals surface area contributed by atoms with Gasteiger partial charge in [-0.2, -0.15) is 9.67 Å². The van der Waals surface area contributed by atoms with E-state index in [2.05, 4.69) is 10.3 Å². The molecule has 25 heavy (non-hydrogen) atoms. The van der Waals surface area contributed by atoms with Gasteiger partial charge in [0.2, 0.25) is 0 Å². The molecular weight excluding hydrogens is 346 g/mol. The van der Waals surface area contributed by atoms with Crippen LogP contribution in [0.25, 0.3) is 0 Å². The van der Waals surface area contributed by atoms with Gasteiger partial charge in [0.25, 0.3) is 0 Å². The third kappa shape index (κ3) is 2.45. The Balaban J connectivity index is 1.66. The second kappa shape index (κ2) is 5.59. The maximum absolute atomic E-state index is 12.6. The molecule has 0 fully saturated rings. The minimum Gasteiger partial charge on any atom is -0.361 e. The van der Waals surface area contributed by atoms with Crippen LogP contribution in [-0.4, -0.2) is 25.5 Å². The Hall–Kier alpha value is -2.87. The molecule has 0 N–H and O–H groups in total. The fraction of sp³-hybridized carbons (Fsp3) is 0.250. The molecular formula is C16H14ClN5O3. The minimum atomic E-state index is -0.475. The first-order valence-electron chi connectivity index (χ1n) is 7.63. The first kappa shape index (κ1) is 15.6. The zero-order chi connectivity index (χ0) is 17.7. The summed E-state index contributed by atoms with van der Waals surface area (Å²) in [6.45, 7) is 4.02. The summed E-state index contributed by atoms with van der Waals surface area (Å²) in [5.41, 5.74) is 1.68. The standard InChI is InChI=1S/C16H14ClN5O3/c1-9-13(10(2)25-19-9)7-21-16(24)22-14(18-21)8-20(15(22)23)12-5-3-11(17)4-6-12/h3-6H,7-8H2,1-2H3. The summed E-state index contributed by atoms with van der Waals surface area (Å²) in [4.78, 5) is 26.7. The molecule has 0 radical (unpaired) electrons. The molecule has 0 spiro atoms. The average Bonchev–Trinajstić information content (AvgIpc) is 3.19. The van der Waals surface area contributed by atoms with Crippen molar-refractivity contribution < 1.29 is 9.32 Å². The average molecular weight is 360 g/mol. The van der Waals surface area contributed by atoms with Gasteiger partial charge in [-0.15, -0.1) is 0 Å². The highest BCUT2D eigenvalue weighted by atomic mass is 35.5. The van der Waals surface area contributed by atoms with E-state index >= 15 is 0 Å². The maximum atomic E-state index is 12.6. The summed E-state index contributed by atoms with van der Waals surface area (Å²) in [7, 11) is 0. The zero-order valence-electron chi connectivity index (χ0n) is 13.6. The van der Waals surface area contributed by atoms with Crippen LogP contribution in [0.3, 0.4) is 0 Å². The topological polar surface area (TPSA) is 86.2 Å². The van der Waals surface area contributed by atoms with Crippen molar-refractivity contribution >= 4 is 23.3 Å². The van der Waals surface area contributed by atoms with Gasteiger partial charge in [-0.3, -0.25) is 4.90 Å². The Morgan fingerprint density at radius 1 is 1.20 bits per heavy atom. The van der Waals surface area contributed by atoms with Crippen LogP contribution >= 0.6 is 11.6 Å². The highest BCUT2D eigenvalue weighted by molar-refractivity contribution is 6.30. The molecule has 8 nitrogen and oxygen atoms in total. The van der Waals surface area contributed by atoms with E-state index in [4.69, 9.17) is 16.1 Å². The summed E-state index contributed by atoms with van der Waals surface area (Å²) in [6, 6.07) is 6.43. The lowest BCUT2D eigenvalue weighted by Gasteiger charge is -2.14. The molecule has 4 rings (SSSR count). The lowest BCUT2D eigenvalue weighted by Crippen LogP contribution is -2.35. The fourth-order valence-electron chi connectivity index (χ4n) is 2.88. The summed E-state index contributed by atoms with van der Waals surface area (Å²) < 4.78 is 7.46. The van der Waals surface area contributed by atoms with Gasteiger partial charge in [0.05, 0.1) is 18.8 Å². The van der Waals surface area contributed by atoms with Gasteiger partial charge in [-0.1, -0.05) is 16.8 Å². The van der Waals surface area contributed by atoms with Crippen molar-refractivity contribution in [1.82, 2.24) is 19.5 Å². The van der Waals surface area contributed by atoms with Crippen molar-refractivity contribution in [1.29, 1.82) is 0 Å². The van der Waals surface area contributed by atoms with Gasteiger partial charge in [-0.05, 0) is 38.1 Å². The van der Waals surface area contributed by atoms with E-state index in [9.17, 15) is 9.59 Å². The largest absolute Gasteiger partial charge is 0.361 e. The molecule has 2 aromatic heterocycles. The molecule has 3 heterocycles.